The quantitative estimate of drug-likeness (QED) is 0.361. The van der Waals surface area contributed by atoms with Crippen LogP contribution in [0.25, 0.3) is 0 Å². The Balaban J connectivity index is 1.68. The van der Waals surface area contributed by atoms with E-state index >= 15 is 0 Å². The minimum atomic E-state index is -0.627. The maximum Gasteiger partial charge on any atom is 0.162 e. The van der Waals surface area contributed by atoms with E-state index in [1.54, 1.807) is 6.92 Å². The molecule has 2 fully saturated rings. The number of aliphatic hydroxyl groups is 1. The first-order valence-electron chi connectivity index (χ1n) is 13.2. The van der Waals surface area contributed by atoms with E-state index in [4.69, 9.17) is 18.9 Å². The van der Waals surface area contributed by atoms with E-state index in [0.29, 0.717) is 45.8 Å². The van der Waals surface area contributed by atoms with Gasteiger partial charge in [-0.15, -0.1) is 0 Å². The summed E-state index contributed by atoms with van der Waals surface area (Å²) in [5.41, 5.74) is -1.16. The van der Waals surface area contributed by atoms with Crippen molar-refractivity contribution in [3.8, 4) is 0 Å². The Morgan fingerprint density at radius 2 is 1.06 bits per heavy atom. The van der Waals surface area contributed by atoms with Gasteiger partial charge >= 0.3 is 0 Å². The molecule has 1 unspecified atom stereocenters. The molecule has 0 aromatic carbocycles. The number of aliphatic hydroxyl groups excluding tert-OH is 1. The molecule has 2 saturated heterocycles. The average molecular weight is 500 g/mol. The van der Waals surface area contributed by atoms with E-state index in [9.17, 15) is 14.7 Å². The molecule has 35 heavy (non-hydrogen) atoms. The monoisotopic (exact) mass is 499 g/mol. The molecule has 0 aliphatic carbocycles. The summed E-state index contributed by atoms with van der Waals surface area (Å²) in [6, 6.07) is 0. The van der Waals surface area contributed by atoms with Gasteiger partial charge in [0, 0.05) is 19.4 Å². The first kappa shape index (κ1) is 30.3. The third kappa shape index (κ3) is 9.82. The summed E-state index contributed by atoms with van der Waals surface area (Å²) < 4.78 is 22.8. The largest absolute Gasteiger partial charge is 0.392 e. The van der Waals surface area contributed by atoms with Crippen LogP contribution >= 0.6 is 0 Å². The SMILES string of the molecule is CC(O)CN(CCCCC(=O)C1(C)COC(C)(C)OC1)CCCCC(=O)C1(C)COC(C)(C)OC1. The number of nitrogens with zero attached hydrogens (tertiary/aromatic N) is 1. The van der Waals surface area contributed by atoms with Crippen LogP contribution in [0, 0.1) is 10.8 Å². The molecular weight excluding hydrogens is 450 g/mol. The van der Waals surface area contributed by atoms with Crippen LogP contribution in [-0.4, -0.2) is 85.3 Å². The predicted octanol–water partition coefficient (Wildman–Crippen LogP) is 3.73. The van der Waals surface area contributed by atoms with Gasteiger partial charge in [-0.2, -0.15) is 0 Å². The van der Waals surface area contributed by atoms with E-state index in [0.717, 1.165) is 38.8 Å². The molecule has 0 amide bonds. The van der Waals surface area contributed by atoms with Crippen LogP contribution in [0.5, 0.6) is 0 Å². The standard InChI is InChI=1S/C27H49NO7/c1-21(29)16-28(14-10-8-12-22(30)26(6)17-32-24(2,3)33-18-26)15-11-9-13-23(31)27(7)19-34-25(4,5)35-20-27/h21,29H,8-20H2,1-7H3. The Morgan fingerprint density at radius 3 is 1.37 bits per heavy atom. The number of ketones is 2. The summed E-state index contributed by atoms with van der Waals surface area (Å²) in [5.74, 6) is -0.890. The van der Waals surface area contributed by atoms with Crippen LogP contribution in [0.2, 0.25) is 0 Å². The van der Waals surface area contributed by atoms with Crippen LogP contribution in [0.1, 0.15) is 87.0 Å². The highest BCUT2D eigenvalue weighted by Gasteiger charge is 2.42. The number of ether oxygens (including phenoxy) is 4. The van der Waals surface area contributed by atoms with E-state index in [1.165, 1.54) is 0 Å². The Kier molecular flexibility index (Phi) is 10.9. The van der Waals surface area contributed by atoms with Crippen molar-refractivity contribution in [2.75, 3.05) is 46.1 Å². The summed E-state index contributed by atoms with van der Waals surface area (Å²) in [7, 11) is 0. The first-order chi connectivity index (χ1) is 16.2. The zero-order valence-corrected chi connectivity index (χ0v) is 23.1. The fourth-order valence-electron chi connectivity index (χ4n) is 4.33. The second-order valence-corrected chi connectivity index (χ2v) is 12.0. The molecule has 2 aliphatic rings. The molecule has 0 spiro atoms. The Morgan fingerprint density at radius 1 is 0.714 bits per heavy atom. The molecule has 2 aliphatic heterocycles. The minimum absolute atomic E-state index is 0.182. The molecule has 1 atom stereocenters. The number of unbranched alkanes of at least 4 members (excludes halogenated alkanes) is 2. The normalized spacial score (nSPS) is 23.7. The van der Waals surface area contributed by atoms with Gasteiger partial charge in [0.05, 0.1) is 43.4 Å². The second-order valence-electron chi connectivity index (χ2n) is 12.0. The van der Waals surface area contributed by atoms with Crippen molar-refractivity contribution in [1.29, 1.82) is 0 Å². The van der Waals surface area contributed by atoms with Gasteiger partial charge in [-0.3, -0.25) is 9.59 Å². The summed E-state index contributed by atoms with van der Waals surface area (Å²) in [6.07, 6.45) is 3.92. The second kappa shape index (κ2) is 12.6. The zero-order valence-electron chi connectivity index (χ0n) is 23.1. The number of carbonyl (C=O) groups is 2. The van der Waals surface area contributed by atoms with Crippen molar-refractivity contribution in [3.05, 3.63) is 0 Å². The molecule has 2 heterocycles. The first-order valence-corrected chi connectivity index (χ1v) is 13.2. The molecule has 2 rings (SSSR count). The van der Waals surface area contributed by atoms with Gasteiger partial charge in [0.2, 0.25) is 0 Å². The molecule has 0 aromatic rings. The van der Waals surface area contributed by atoms with E-state index in [-0.39, 0.29) is 11.6 Å². The zero-order chi connectivity index (χ0) is 26.3. The lowest BCUT2D eigenvalue weighted by Gasteiger charge is -2.40. The smallest absolute Gasteiger partial charge is 0.162 e. The highest BCUT2D eigenvalue weighted by Crippen LogP contribution is 2.32. The van der Waals surface area contributed by atoms with Gasteiger partial charge < -0.3 is 29.0 Å². The fourth-order valence-corrected chi connectivity index (χ4v) is 4.33. The van der Waals surface area contributed by atoms with Crippen molar-refractivity contribution in [3.63, 3.8) is 0 Å². The third-order valence-electron chi connectivity index (χ3n) is 7.08. The Hall–Kier alpha value is -0.900. The van der Waals surface area contributed by atoms with Crippen LogP contribution in [-0.2, 0) is 28.5 Å². The van der Waals surface area contributed by atoms with E-state index in [2.05, 4.69) is 4.90 Å². The highest BCUT2D eigenvalue weighted by molar-refractivity contribution is 5.85. The number of rotatable bonds is 14. The average Bonchev–Trinajstić information content (AvgIpc) is 2.77. The van der Waals surface area contributed by atoms with Gasteiger partial charge in [-0.05, 0) is 87.2 Å². The predicted molar refractivity (Wildman–Crippen MR) is 134 cm³/mol. The fraction of sp³-hybridized carbons (Fsp3) is 0.926. The molecule has 0 radical (unpaired) electrons. The Labute approximate surface area is 212 Å². The number of hydrogen-bond acceptors (Lipinski definition) is 8. The van der Waals surface area contributed by atoms with Crippen molar-refractivity contribution >= 4 is 11.6 Å². The number of Topliss-reactive ketones (excluding diaryl/α,β-unsaturated/α-hetero) is 2. The summed E-state index contributed by atoms with van der Waals surface area (Å²) in [5, 5.41) is 9.90. The number of hydrogen-bond donors (Lipinski definition) is 1. The van der Waals surface area contributed by atoms with Crippen LogP contribution in [0.4, 0.5) is 0 Å². The minimum Gasteiger partial charge on any atom is -0.392 e. The summed E-state index contributed by atoms with van der Waals surface area (Å²) in [6.45, 7) is 16.9. The highest BCUT2D eigenvalue weighted by atomic mass is 16.7. The molecule has 1 N–H and O–H groups in total. The summed E-state index contributed by atoms with van der Waals surface area (Å²) in [4.78, 5) is 27.7. The lowest BCUT2D eigenvalue weighted by molar-refractivity contribution is -0.277. The van der Waals surface area contributed by atoms with Crippen molar-refractivity contribution in [2.24, 2.45) is 10.8 Å². The van der Waals surface area contributed by atoms with Crippen LogP contribution in [0.3, 0.4) is 0 Å². The lowest BCUT2D eigenvalue weighted by atomic mass is 9.84. The lowest BCUT2D eigenvalue weighted by Crippen LogP contribution is -2.49. The van der Waals surface area contributed by atoms with Gasteiger partial charge in [0.25, 0.3) is 0 Å². The van der Waals surface area contributed by atoms with Gasteiger partial charge in [-0.25, -0.2) is 0 Å². The van der Waals surface area contributed by atoms with Crippen molar-refractivity contribution in [2.45, 2.75) is 105 Å². The maximum atomic E-state index is 12.8. The molecule has 0 saturated carbocycles. The van der Waals surface area contributed by atoms with Crippen LogP contribution in [0.15, 0.2) is 0 Å². The molecule has 8 nitrogen and oxygen atoms in total. The molecule has 8 heteroatoms. The van der Waals surface area contributed by atoms with Gasteiger partial charge in [0.15, 0.2) is 11.6 Å². The number of carbonyl (C=O) groups excluding carboxylic acids is 2. The van der Waals surface area contributed by atoms with Crippen LogP contribution < -0.4 is 0 Å². The van der Waals surface area contributed by atoms with Crippen molar-refractivity contribution in [1.82, 2.24) is 4.90 Å². The molecular formula is C27H49NO7. The Bertz CT molecular complexity index is 630. The molecule has 0 bridgehead atoms. The topological polar surface area (TPSA) is 94.5 Å². The summed E-state index contributed by atoms with van der Waals surface area (Å²) >= 11 is 0. The van der Waals surface area contributed by atoms with Gasteiger partial charge in [0.1, 0.15) is 11.6 Å². The third-order valence-corrected chi connectivity index (χ3v) is 7.08. The van der Waals surface area contributed by atoms with E-state index < -0.39 is 28.5 Å². The maximum absolute atomic E-state index is 12.8. The molecule has 0 aromatic heterocycles. The van der Waals surface area contributed by atoms with E-state index in [1.807, 2.05) is 41.5 Å². The van der Waals surface area contributed by atoms with Crippen molar-refractivity contribution < 1.29 is 33.6 Å². The molecule has 204 valence electrons. The van der Waals surface area contributed by atoms with Gasteiger partial charge in [-0.1, -0.05) is 0 Å².